The van der Waals surface area contributed by atoms with E-state index < -0.39 is 6.10 Å². The van der Waals surface area contributed by atoms with Gasteiger partial charge in [-0.15, -0.1) is 0 Å². The zero-order valence-electron chi connectivity index (χ0n) is 15.2. The number of benzene rings is 1. The molecule has 1 heterocycles. The van der Waals surface area contributed by atoms with Crippen molar-refractivity contribution < 1.29 is 9.84 Å². The molecule has 0 amide bonds. The van der Waals surface area contributed by atoms with Crippen molar-refractivity contribution in [3.63, 3.8) is 0 Å². The van der Waals surface area contributed by atoms with Gasteiger partial charge in [0.1, 0.15) is 18.5 Å². The van der Waals surface area contributed by atoms with E-state index in [0.29, 0.717) is 19.1 Å². The summed E-state index contributed by atoms with van der Waals surface area (Å²) in [6, 6.07) is 8.20. The van der Waals surface area contributed by atoms with Gasteiger partial charge >= 0.3 is 0 Å². The summed E-state index contributed by atoms with van der Waals surface area (Å²) in [4.78, 5) is 2.38. The molecule has 3 heteroatoms. The molecule has 1 fully saturated rings. The van der Waals surface area contributed by atoms with Gasteiger partial charge < -0.3 is 14.7 Å². The van der Waals surface area contributed by atoms with Gasteiger partial charge in [-0.1, -0.05) is 45.9 Å². The summed E-state index contributed by atoms with van der Waals surface area (Å²) in [5, 5.41) is 10.4. The maximum atomic E-state index is 10.4. The minimum absolute atomic E-state index is 0.368. The fourth-order valence-corrected chi connectivity index (χ4v) is 3.72. The van der Waals surface area contributed by atoms with Gasteiger partial charge in [0, 0.05) is 19.6 Å². The molecule has 0 unspecified atom stereocenters. The predicted molar refractivity (Wildman–Crippen MR) is 96.0 cm³/mol. The highest BCUT2D eigenvalue weighted by atomic mass is 16.5. The lowest BCUT2D eigenvalue weighted by Gasteiger charge is -2.36. The molecule has 0 aromatic heterocycles. The van der Waals surface area contributed by atoms with Crippen LogP contribution in [0.1, 0.15) is 52.0 Å². The van der Waals surface area contributed by atoms with E-state index in [1.54, 1.807) is 0 Å². The minimum Gasteiger partial charge on any atom is -0.491 e. The molecule has 0 spiro atoms. The second-order valence-electron chi connectivity index (χ2n) is 7.48. The first kappa shape index (κ1) is 18.3. The first-order chi connectivity index (χ1) is 11.0. The van der Waals surface area contributed by atoms with Crippen LogP contribution in [0.25, 0.3) is 0 Å². The number of aliphatic hydroxyl groups is 1. The lowest BCUT2D eigenvalue weighted by Crippen LogP contribution is -2.44. The van der Waals surface area contributed by atoms with Crippen molar-refractivity contribution in [2.75, 3.05) is 26.2 Å². The number of para-hydroxylation sites is 1. The Morgan fingerprint density at radius 1 is 1.22 bits per heavy atom. The summed E-state index contributed by atoms with van der Waals surface area (Å²) in [6.07, 6.45) is 1.95. The normalized spacial score (nSPS) is 25.1. The Morgan fingerprint density at radius 2 is 1.87 bits per heavy atom. The van der Waals surface area contributed by atoms with Gasteiger partial charge in [-0.3, -0.25) is 0 Å². The predicted octanol–water partition coefficient (Wildman–Crippen LogP) is 3.92. The van der Waals surface area contributed by atoms with Crippen molar-refractivity contribution in [3.8, 4) is 5.75 Å². The Bertz CT molecular complexity index is 466. The van der Waals surface area contributed by atoms with E-state index in [1.165, 1.54) is 12.0 Å². The molecule has 1 aromatic rings. The van der Waals surface area contributed by atoms with Gasteiger partial charge in [0.2, 0.25) is 0 Å². The number of rotatable bonds is 7. The van der Waals surface area contributed by atoms with E-state index in [2.05, 4.69) is 44.7 Å². The van der Waals surface area contributed by atoms with Crippen LogP contribution in [0.15, 0.2) is 24.3 Å². The SMILES string of the molecule is CC[C@H](C)c1ccccc1OC[C@H](O)CN1C[C@H](C)C[C@@H](C)C1. The molecule has 130 valence electrons. The molecule has 1 saturated heterocycles. The molecule has 2 rings (SSSR count). The second-order valence-corrected chi connectivity index (χ2v) is 7.48. The van der Waals surface area contributed by atoms with Crippen LogP contribution in [0, 0.1) is 11.8 Å². The van der Waals surface area contributed by atoms with E-state index in [4.69, 9.17) is 4.74 Å². The fourth-order valence-electron chi connectivity index (χ4n) is 3.72. The smallest absolute Gasteiger partial charge is 0.122 e. The Morgan fingerprint density at radius 3 is 2.52 bits per heavy atom. The molecule has 4 atom stereocenters. The fraction of sp³-hybridized carbons (Fsp3) is 0.700. The first-order valence-electron chi connectivity index (χ1n) is 9.11. The third-order valence-corrected chi connectivity index (χ3v) is 4.91. The second kappa shape index (κ2) is 8.70. The van der Waals surface area contributed by atoms with E-state index in [1.807, 2.05) is 12.1 Å². The highest BCUT2D eigenvalue weighted by Gasteiger charge is 2.23. The van der Waals surface area contributed by atoms with Crippen LogP contribution >= 0.6 is 0 Å². The number of β-amino-alcohol motifs (C(OH)–C–C–N with tert-alkyl or cyclic N) is 1. The van der Waals surface area contributed by atoms with Gasteiger partial charge in [-0.2, -0.15) is 0 Å². The monoisotopic (exact) mass is 319 g/mol. The zero-order valence-corrected chi connectivity index (χ0v) is 15.2. The summed E-state index contributed by atoms with van der Waals surface area (Å²) in [6.45, 7) is 12.3. The average molecular weight is 319 g/mol. The van der Waals surface area contributed by atoms with Gasteiger partial charge in [-0.25, -0.2) is 0 Å². The molecular formula is C20H33NO2. The Kier molecular flexibility index (Phi) is 6.91. The molecule has 1 aromatic carbocycles. The van der Waals surface area contributed by atoms with Crippen molar-refractivity contribution in [2.24, 2.45) is 11.8 Å². The molecular weight excluding hydrogens is 286 g/mol. The van der Waals surface area contributed by atoms with E-state index in [9.17, 15) is 5.11 Å². The Hall–Kier alpha value is -1.06. The maximum Gasteiger partial charge on any atom is 0.122 e. The van der Waals surface area contributed by atoms with Gasteiger partial charge in [0.05, 0.1) is 0 Å². The van der Waals surface area contributed by atoms with Crippen LogP contribution in [0.2, 0.25) is 0 Å². The van der Waals surface area contributed by atoms with Gasteiger partial charge in [-0.05, 0) is 42.2 Å². The highest BCUT2D eigenvalue weighted by molar-refractivity contribution is 5.35. The number of likely N-dealkylation sites (tertiary alicyclic amines) is 1. The van der Waals surface area contributed by atoms with E-state index in [0.717, 1.165) is 37.1 Å². The number of hydrogen-bond acceptors (Lipinski definition) is 3. The van der Waals surface area contributed by atoms with Crippen molar-refractivity contribution in [3.05, 3.63) is 29.8 Å². The Balaban J connectivity index is 1.86. The molecule has 0 saturated carbocycles. The van der Waals surface area contributed by atoms with Crippen LogP contribution in [0.3, 0.4) is 0 Å². The molecule has 0 aliphatic carbocycles. The third kappa shape index (κ3) is 5.50. The minimum atomic E-state index is -0.433. The van der Waals surface area contributed by atoms with Crippen molar-refractivity contribution in [2.45, 2.75) is 52.6 Å². The molecule has 1 aliphatic heterocycles. The summed E-state index contributed by atoms with van der Waals surface area (Å²) in [5.41, 5.74) is 1.24. The Labute approximate surface area is 141 Å². The first-order valence-corrected chi connectivity index (χ1v) is 9.11. The topological polar surface area (TPSA) is 32.7 Å². The summed E-state index contributed by atoms with van der Waals surface area (Å²) >= 11 is 0. The number of piperidine rings is 1. The molecule has 1 N–H and O–H groups in total. The highest BCUT2D eigenvalue weighted by Crippen LogP contribution is 2.28. The van der Waals surface area contributed by atoms with Crippen LogP contribution in [-0.2, 0) is 0 Å². The summed E-state index contributed by atoms with van der Waals surface area (Å²) in [7, 11) is 0. The molecule has 0 bridgehead atoms. The van der Waals surface area contributed by atoms with Crippen LogP contribution < -0.4 is 4.74 Å². The van der Waals surface area contributed by atoms with E-state index in [-0.39, 0.29) is 0 Å². The number of ether oxygens (including phenoxy) is 1. The molecule has 3 nitrogen and oxygen atoms in total. The lowest BCUT2D eigenvalue weighted by molar-refractivity contribution is 0.0426. The summed E-state index contributed by atoms with van der Waals surface area (Å²) < 4.78 is 5.94. The quantitative estimate of drug-likeness (QED) is 0.827. The average Bonchev–Trinajstić information content (AvgIpc) is 2.51. The standard InChI is InChI=1S/C20H33NO2/c1-5-17(4)19-8-6-7-9-20(19)23-14-18(22)13-21-11-15(2)10-16(3)12-21/h6-9,15-18,22H,5,10-14H2,1-4H3/t15-,16-,17+,18-/m1/s1. The van der Waals surface area contributed by atoms with Crippen molar-refractivity contribution in [1.29, 1.82) is 0 Å². The summed E-state index contributed by atoms with van der Waals surface area (Å²) in [5.74, 6) is 2.84. The molecule has 1 aliphatic rings. The number of hydrogen-bond donors (Lipinski definition) is 1. The number of aliphatic hydroxyl groups excluding tert-OH is 1. The number of nitrogens with zero attached hydrogens (tertiary/aromatic N) is 1. The van der Waals surface area contributed by atoms with Gasteiger partial charge in [0.25, 0.3) is 0 Å². The lowest BCUT2D eigenvalue weighted by atomic mass is 9.92. The molecule has 23 heavy (non-hydrogen) atoms. The van der Waals surface area contributed by atoms with Crippen LogP contribution in [0.4, 0.5) is 0 Å². The van der Waals surface area contributed by atoms with Crippen LogP contribution in [-0.4, -0.2) is 42.4 Å². The zero-order chi connectivity index (χ0) is 16.8. The molecule has 0 radical (unpaired) electrons. The van der Waals surface area contributed by atoms with Crippen molar-refractivity contribution >= 4 is 0 Å². The van der Waals surface area contributed by atoms with Gasteiger partial charge in [0.15, 0.2) is 0 Å². The maximum absolute atomic E-state index is 10.4. The van der Waals surface area contributed by atoms with E-state index >= 15 is 0 Å². The van der Waals surface area contributed by atoms with Crippen LogP contribution in [0.5, 0.6) is 5.75 Å². The largest absolute Gasteiger partial charge is 0.491 e. The van der Waals surface area contributed by atoms with Crippen molar-refractivity contribution in [1.82, 2.24) is 4.90 Å². The third-order valence-electron chi connectivity index (χ3n) is 4.91.